The van der Waals surface area contributed by atoms with Crippen LogP contribution in [0.2, 0.25) is 0 Å². The van der Waals surface area contributed by atoms with Crippen LogP contribution >= 0.6 is 15.9 Å². The molecule has 0 saturated carbocycles. The fourth-order valence-electron chi connectivity index (χ4n) is 1.92. The van der Waals surface area contributed by atoms with Crippen molar-refractivity contribution in [3.05, 3.63) is 77.4 Å². The Kier molecular flexibility index (Phi) is 3.79. The normalized spacial score (nSPS) is 10.2. The lowest BCUT2D eigenvalue weighted by Crippen LogP contribution is -1.86. The SMILES string of the molecule is Brc1cccc(Oc2cccc(-c3ccccn3)c2)c1. The second-order valence-electron chi connectivity index (χ2n) is 4.30. The van der Waals surface area contributed by atoms with Crippen LogP contribution in [-0.4, -0.2) is 4.98 Å². The number of nitrogens with zero attached hydrogens (tertiary/aromatic N) is 1. The third-order valence-corrected chi connectivity index (χ3v) is 3.32. The quantitative estimate of drug-likeness (QED) is 0.651. The summed E-state index contributed by atoms with van der Waals surface area (Å²) >= 11 is 3.44. The van der Waals surface area contributed by atoms with Crippen LogP contribution in [0.25, 0.3) is 11.3 Å². The van der Waals surface area contributed by atoms with E-state index < -0.39 is 0 Å². The molecule has 0 bridgehead atoms. The molecule has 0 atom stereocenters. The van der Waals surface area contributed by atoms with Crippen LogP contribution < -0.4 is 4.74 Å². The van der Waals surface area contributed by atoms with Crippen molar-refractivity contribution < 1.29 is 4.74 Å². The van der Waals surface area contributed by atoms with Crippen molar-refractivity contribution in [1.82, 2.24) is 4.98 Å². The molecule has 3 heteroatoms. The zero-order chi connectivity index (χ0) is 13.8. The lowest BCUT2D eigenvalue weighted by molar-refractivity contribution is 0.482. The molecule has 0 N–H and O–H groups in total. The number of ether oxygens (including phenoxy) is 1. The largest absolute Gasteiger partial charge is 0.457 e. The highest BCUT2D eigenvalue weighted by molar-refractivity contribution is 9.10. The van der Waals surface area contributed by atoms with Crippen LogP contribution in [0.15, 0.2) is 77.4 Å². The molecule has 2 nitrogen and oxygen atoms in total. The van der Waals surface area contributed by atoms with Gasteiger partial charge in [-0.05, 0) is 42.5 Å². The van der Waals surface area contributed by atoms with Crippen LogP contribution in [0.3, 0.4) is 0 Å². The predicted octanol–water partition coefficient (Wildman–Crippen LogP) is 5.30. The average Bonchev–Trinajstić information content (AvgIpc) is 2.48. The predicted molar refractivity (Wildman–Crippen MR) is 83.9 cm³/mol. The van der Waals surface area contributed by atoms with E-state index in [1.54, 1.807) is 6.20 Å². The monoisotopic (exact) mass is 325 g/mol. The molecular weight excluding hydrogens is 314 g/mol. The van der Waals surface area contributed by atoms with E-state index in [0.717, 1.165) is 27.2 Å². The van der Waals surface area contributed by atoms with Gasteiger partial charge >= 0.3 is 0 Å². The highest BCUT2D eigenvalue weighted by Gasteiger charge is 2.02. The van der Waals surface area contributed by atoms with Crippen molar-refractivity contribution in [2.45, 2.75) is 0 Å². The first kappa shape index (κ1) is 12.9. The third-order valence-electron chi connectivity index (χ3n) is 2.83. The van der Waals surface area contributed by atoms with Gasteiger partial charge in [-0.1, -0.05) is 40.2 Å². The van der Waals surface area contributed by atoms with E-state index in [1.165, 1.54) is 0 Å². The summed E-state index contributed by atoms with van der Waals surface area (Å²) in [6, 6.07) is 21.6. The summed E-state index contributed by atoms with van der Waals surface area (Å²) in [7, 11) is 0. The Labute approximate surface area is 126 Å². The van der Waals surface area contributed by atoms with Gasteiger partial charge in [-0.2, -0.15) is 0 Å². The Morgan fingerprint density at radius 2 is 1.60 bits per heavy atom. The molecule has 98 valence electrons. The Balaban J connectivity index is 1.88. The van der Waals surface area contributed by atoms with Crippen LogP contribution in [0.4, 0.5) is 0 Å². The van der Waals surface area contributed by atoms with Crippen molar-refractivity contribution >= 4 is 15.9 Å². The van der Waals surface area contributed by atoms with Gasteiger partial charge in [-0.15, -0.1) is 0 Å². The first-order valence-electron chi connectivity index (χ1n) is 6.26. The van der Waals surface area contributed by atoms with E-state index >= 15 is 0 Å². The highest BCUT2D eigenvalue weighted by atomic mass is 79.9. The standard InChI is InChI=1S/C17H12BrNO/c18-14-6-4-8-16(12-14)20-15-7-3-5-13(11-15)17-9-1-2-10-19-17/h1-12H. The highest BCUT2D eigenvalue weighted by Crippen LogP contribution is 2.27. The molecule has 0 aliphatic carbocycles. The molecule has 0 fully saturated rings. The Bertz CT molecular complexity index is 713. The first-order valence-corrected chi connectivity index (χ1v) is 7.05. The van der Waals surface area contributed by atoms with E-state index in [2.05, 4.69) is 20.9 Å². The van der Waals surface area contributed by atoms with E-state index in [1.807, 2.05) is 66.7 Å². The van der Waals surface area contributed by atoms with Gasteiger partial charge in [-0.25, -0.2) is 0 Å². The Morgan fingerprint density at radius 3 is 2.35 bits per heavy atom. The van der Waals surface area contributed by atoms with Gasteiger partial charge < -0.3 is 4.74 Å². The molecule has 0 spiro atoms. The summed E-state index contributed by atoms with van der Waals surface area (Å²) in [6.45, 7) is 0. The van der Waals surface area contributed by atoms with Gasteiger partial charge in [0.25, 0.3) is 0 Å². The fourth-order valence-corrected chi connectivity index (χ4v) is 2.30. The molecule has 0 amide bonds. The van der Waals surface area contributed by atoms with Crippen LogP contribution in [0.1, 0.15) is 0 Å². The summed E-state index contributed by atoms with van der Waals surface area (Å²) in [5.41, 5.74) is 1.98. The second kappa shape index (κ2) is 5.88. The molecule has 0 unspecified atom stereocenters. The van der Waals surface area contributed by atoms with Gasteiger partial charge in [0.2, 0.25) is 0 Å². The van der Waals surface area contributed by atoms with Gasteiger partial charge in [0.1, 0.15) is 11.5 Å². The van der Waals surface area contributed by atoms with Gasteiger partial charge in [0.05, 0.1) is 5.69 Å². The zero-order valence-corrected chi connectivity index (χ0v) is 12.2. The molecular formula is C17H12BrNO. The van der Waals surface area contributed by atoms with E-state index in [9.17, 15) is 0 Å². The lowest BCUT2D eigenvalue weighted by atomic mass is 10.1. The zero-order valence-electron chi connectivity index (χ0n) is 10.7. The maximum atomic E-state index is 5.86. The summed E-state index contributed by atoms with van der Waals surface area (Å²) in [6.07, 6.45) is 1.79. The number of hydrogen-bond donors (Lipinski definition) is 0. The number of halogens is 1. The number of pyridine rings is 1. The molecule has 2 aromatic carbocycles. The summed E-state index contributed by atoms with van der Waals surface area (Å²) in [4.78, 5) is 4.35. The summed E-state index contributed by atoms with van der Waals surface area (Å²) in [5.74, 6) is 1.60. The van der Waals surface area contributed by atoms with Crippen molar-refractivity contribution in [1.29, 1.82) is 0 Å². The number of hydrogen-bond acceptors (Lipinski definition) is 2. The van der Waals surface area contributed by atoms with Gasteiger partial charge in [0, 0.05) is 16.2 Å². The molecule has 1 aromatic heterocycles. The smallest absolute Gasteiger partial charge is 0.128 e. The molecule has 3 rings (SSSR count). The maximum Gasteiger partial charge on any atom is 0.128 e. The molecule has 0 saturated heterocycles. The van der Waals surface area contributed by atoms with Crippen molar-refractivity contribution in [3.8, 4) is 22.8 Å². The average molecular weight is 326 g/mol. The van der Waals surface area contributed by atoms with E-state index in [0.29, 0.717) is 0 Å². The third kappa shape index (κ3) is 3.06. The maximum absolute atomic E-state index is 5.86. The van der Waals surface area contributed by atoms with E-state index in [4.69, 9.17) is 4.74 Å². The molecule has 20 heavy (non-hydrogen) atoms. The second-order valence-corrected chi connectivity index (χ2v) is 5.22. The summed E-state index contributed by atoms with van der Waals surface area (Å²) < 4.78 is 6.86. The minimum atomic E-state index is 0.797. The fraction of sp³-hybridized carbons (Fsp3) is 0. The van der Waals surface area contributed by atoms with Crippen molar-refractivity contribution in [2.75, 3.05) is 0 Å². The molecule has 0 aliphatic rings. The van der Waals surface area contributed by atoms with E-state index in [-0.39, 0.29) is 0 Å². The Morgan fingerprint density at radius 1 is 0.800 bits per heavy atom. The molecule has 1 heterocycles. The molecule has 0 radical (unpaired) electrons. The molecule has 0 aliphatic heterocycles. The van der Waals surface area contributed by atoms with Crippen LogP contribution in [0, 0.1) is 0 Å². The van der Waals surface area contributed by atoms with Crippen LogP contribution in [-0.2, 0) is 0 Å². The first-order chi connectivity index (χ1) is 9.81. The number of aromatic nitrogens is 1. The van der Waals surface area contributed by atoms with Gasteiger partial charge in [-0.3, -0.25) is 4.98 Å². The topological polar surface area (TPSA) is 22.1 Å². The minimum absolute atomic E-state index is 0.797. The Hall–Kier alpha value is -2.13. The van der Waals surface area contributed by atoms with Crippen molar-refractivity contribution in [2.24, 2.45) is 0 Å². The van der Waals surface area contributed by atoms with Gasteiger partial charge in [0.15, 0.2) is 0 Å². The minimum Gasteiger partial charge on any atom is -0.457 e. The number of benzene rings is 2. The molecule has 3 aromatic rings. The summed E-state index contributed by atoms with van der Waals surface area (Å²) in [5, 5.41) is 0. The number of rotatable bonds is 3. The lowest BCUT2D eigenvalue weighted by Gasteiger charge is -2.07. The van der Waals surface area contributed by atoms with Crippen LogP contribution in [0.5, 0.6) is 11.5 Å². The van der Waals surface area contributed by atoms with Crippen molar-refractivity contribution in [3.63, 3.8) is 0 Å².